The number of nitrogens with zero attached hydrogens (tertiary/aromatic N) is 4. The molecule has 3 aliphatic heterocycles. The van der Waals surface area contributed by atoms with Gasteiger partial charge in [0.1, 0.15) is 11.9 Å². The van der Waals surface area contributed by atoms with Crippen LogP contribution in [0.25, 0.3) is 16.8 Å². The average molecular weight is 429 g/mol. The fourth-order valence-corrected chi connectivity index (χ4v) is 6.69. The molecule has 6 rings (SSSR count). The normalized spacial score (nSPS) is 32.7. The first-order valence-corrected chi connectivity index (χ1v) is 11.2. The highest BCUT2D eigenvalue weighted by molar-refractivity contribution is 6.30. The van der Waals surface area contributed by atoms with Crippen molar-refractivity contribution < 1.29 is 9.13 Å². The van der Waals surface area contributed by atoms with E-state index in [4.69, 9.17) is 21.3 Å². The zero-order valence-corrected chi connectivity index (χ0v) is 18.3. The maximum atomic E-state index is 15.3. The Labute approximate surface area is 180 Å². The monoisotopic (exact) mass is 428 g/mol. The molecule has 0 spiro atoms. The maximum Gasteiger partial charge on any atom is 0.227 e. The molecule has 2 saturated heterocycles. The molecule has 4 atom stereocenters. The van der Waals surface area contributed by atoms with E-state index < -0.39 is 5.82 Å². The van der Waals surface area contributed by atoms with Crippen molar-refractivity contribution in [2.24, 2.45) is 5.92 Å². The number of ether oxygens (including phenoxy) is 1. The molecule has 0 N–H and O–H groups in total. The molecule has 3 fully saturated rings. The van der Waals surface area contributed by atoms with Crippen LogP contribution in [0.4, 0.5) is 10.2 Å². The lowest BCUT2D eigenvalue weighted by atomic mass is 9.87. The molecule has 2 aromatic heterocycles. The summed E-state index contributed by atoms with van der Waals surface area (Å²) in [6, 6.07) is 0.491. The van der Waals surface area contributed by atoms with Crippen LogP contribution in [-0.2, 0) is 0 Å². The lowest BCUT2D eigenvalue weighted by Crippen LogP contribution is -2.68. The first-order chi connectivity index (χ1) is 14.4. The number of halogens is 2. The van der Waals surface area contributed by atoms with Crippen molar-refractivity contribution in [2.75, 3.05) is 18.5 Å². The number of hydrogen-bond donors (Lipinski definition) is 0. The molecule has 1 aliphatic carbocycles. The summed E-state index contributed by atoms with van der Waals surface area (Å²) >= 11 is 6.19. The second kappa shape index (κ2) is 6.07. The van der Waals surface area contributed by atoms with Gasteiger partial charge in [-0.25, -0.2) is 9.37 Å². The molecule has 0 radical (unpaired) electrons. The van der Waals surface area contributed by atoms with Gasteiger partial charge in [-0.05, 0) is 64.1 Å². The van der Waals surface area contributed by atoms with Gasteiger partial charge < -0.3 is 9.64 Å². The molecule has 0 amide bonds. The summed E-state index contributed by atoms with van der Waals surface area (Å²) in [5.74, 6) is 1.37. The second-order valence-corrected chi connectivity index (χ2v) is 9.82. The molecular formula is C23H26ClFN4O. The topological polar surface area (TPSA) is 41.5 Å². The Morgan fingerprint density at radius 1 is 1.27 bits per heavy atom. The molecule has 2 aromatic rings. The predicted molar refractivity (Wildman–Crippen MR) is 117 cm³/mol. The number of aryl methyl sites for hydroxylation is 1. The minimum atomic E-state index is -0.511. The fourth-order valence-electron chi connectivity index (χ4n) is 6.51. The quantitative estimate of drug-likeness (QED) is 0.654. The highest BCUT2D eigenvalue weighted by atomic mass is 35.5. The van der Waals surface area contributed by atoms with Crippen LogP contribution in [0.15, 0.2) is 6.58 Å². The zero-order valence-electron chi connectivity index (χ0n) is 17.6. The van der Waals surface area contributed by atoms with Gasteiger partial charge in [-0.2, -0.15) is 4.98 Å². The second-order valence-electron chi connectivity index (χ2n) is 9.46. The molecule has 5 heterocycles. The number of fused-ring (bicyclic) bond motifs is 5. The maximum absolute atomic E-state index is 15.3. The van der Waals surface area contributed by atoms with Gasteiger partial charge in [0, 0.05) is 23.5 Å². The van der Waals surface area contributed by atoms with Gasteiger partial charge in [0.05, 0.1) is 17.1 Å². The third-order valence-corrected chi connectivity index (χ3v) is 8.38. The van der Waals surface area contributed by atoms with Gasteiger partial charge in [-0.1, -0.05) is 18.2 Å². The summed E-state index contributed by atoms with van der Waals surface area (Å²) in [7, 11) is 2.28. The third-order valence-electron chi connectivity index (χ3n) is 8.13. The summed E-state index contributed by atoms with van der Waals surface area (Å²) in [6.07, 6.45) is 6.50. The van der Waals surface area contributed by atoms with Crippen LogP contribution < -0.4 is 9.64 Å². The van der Waals surface area contributed by atoms with Crippen molar-refractivity contribution in [3.8, 4) is 5.88 Å². The van der Waals surface area contributed by atoms with E-state index in [1.165, 1.54) is 19.3 Å². The summed E-state index contributed by atoms with van der Waals surface area (Å²) in [4.78, 5) is 14.3. The summed E-state index contributed by atoms with van der Waals surface area (Å²) < 4.78 is 21.6. The van der Waals surface area contributed by atoms with Crippen LogP contribution in [0.2, 0.25) is 5.15 Å². The molecule has 0 aromatic carbocycles. The molecule has 4 aliphatic rings. The Hall–Kier alpha value is -1.92. The minimum absolute atomic E-state index is 0.119. The fraction of sp³-hybridized carbons (Fsp3) is 0.565. The number of likely N-dealkylation sites (N-methyl/N-ethyl adjacent to an activating group) is 1. The first kappa shape index (κ1) is 18.8. The van der Waals surface area contributed by atoms with E-state index in [9.17, 15) is 0 Å². The lowest BCUT2D eigenvalue weighted by Gasteiger charge is -2.53. The third kappa shape index (κ3) is 2.21. The summed E-state index contributed by atoms with van der Waals surface area (Å²) in [5.41, 5.74) is 1.57. The number of anilines is 1. The number of hydrogen-bond acceptors (Lipinski definition) is 5. The number of pyridine rings is 2. The minimum Gasteiger partial charge on any atom is -0.472 e. The van der Waals surface area contributed by atoms with Crippen molar-refractivity contribution in [3.05, 3.63) is 28.8 Å². The molecule has 0 unspecified atom stereocenters. The van der Waals surface area contributed by atoms with Crippen LogP contribution in [0.5, 0.6) is 5.88 Å². The zero-order chi connectivity index (χ0) is 20.9. The standard InChI is InChI=1S/C23H26ClFN4O/c1-5-14-11(2)16-17-21(26-14)29-10-23(13-6-7-13)9-8-15(28(23)4)19(29)12(3)30-22(17)27-20(24)18(16)25/h5,12-13,15,19H,1,6-10H2,2-4H3/t12-,15-,19+,23+/m0/s1. The van der Waals surface area contributed by atoms with Crippen molar-refractivity contribution in [3.63, 3.8) is 0 Å². The summed E-state index contributed by atoms with van der Waals surface area (Å²) in [6.45, 7) is 8.75. The van der Waals surface area contributed by atoms with Crippen molar-refractivity contribution in [1.29, 1.82) is 0 Å². The van der Waals surface area contributed by atoms with Crippen molar-refractivity contribution in [2.45, 2.75) is 63.3 Å². The predicted octanol–water partition coefficient (Wildman–Crippen LogP) is 4.59. The van der Waals surface area contributed by atoms with Gasteiger partial charge >= 0.3 is 0 Å². The molecule has 1 saturated carbocycles. The first-order valence-electron chi connectivity index (χ1n) is 10.9. The Kier molecular flexibility index (Phi) is 3.81. The van der Waals surface area contributed by atoms with Crippen molar-refractivity contribution >= 4 is 34.3 Å². The molecule has 30 heavy (non-hydrogen) atoms. The molecular weight excluding hydrogens is 403 g/mol. The van der Waals surface area contributed by atoms with Crippen LogP contribution in [0.1, 0.15) is 43.9 Å². The summed E-state index contributed by atoms with van der Waals surface area (Å²) in [5, 5.41) is 0.932. The molecule has 158 valence electrons. The van der Waals surface area contributed by atoms with Gasteiger partial charge in [0.2, 0.25) is 5.88 Å². The highest BCUT2D eigenvalue weighted by Crippen LogP contribution is 2.56. The molecule has 5 nitrogen and oxygen atoms in total. The molecule has 7 heteroatoms. The largest absolute Gasteiger partial charge is 0.472 e. The van der Waals surface area contributed by atoms with E-state index >= 15 is 4.39 Å². The van der Waals surface area contributed by atoms with Crippen LogP contribution >= 0.6 is 11.6 Å². The Morgan fingerprint density at radius 3 is 2.73 bits per heavy atom. The van der Waals surface area contributed by atoms with Gasteiger partial charge in [-0.15, -0.1) is 0 Å². The van der Waals surface area contributed by atoms with Crippen LogP contribution in [0.3, 0.4) is 0 Å². The number of rotatable bonds is 2. The van der Waals surface area contributed by atoms with E-state index in [0.717, 1.165) is 30.3 Å². The smallest absolute Gasteiger partial charge is 0.227 e. The SMILES string of the molecule is C=Cc1nc2c3c(nc(Cl)c(F)c3c1C)O[C@@H](C)[C@@H]1[C@@H]3CC[C@](C4CC4)(CN21)N3C. The van der Waals surface area contributed by atoms with Crippen molar-refractivity contribution in [1.82, 2.24) is 14.9 Å². The van der Waals surface area contributed by atoms with Gasteiger partial charge in [0.15, 0.2) is 11.0 Å². The number of aromatic nitrogens is 2. The van der Waals surface area contributed by atoms with Crippen LogP contribution in [-0.4, -0.2) is 52.2 Å². The van der Waals surface area contributed by atoms with E-state index in [-0.39, 0.29) is 22.8 Å². The average Bonchev–Trinajstić information content (AvgIpc) is 3.54. The van der Waals surface area contributed by atoms with Gasteiger partial charge in [-0.3, -0.25) is 4.90 Å². The van der Waals surface area contributed by atoms with Gasteiger partial charge in [0.25, 0.3) is 0 Å². The number of piperazine rings is 1. The highest BCUT2D eigenvalue weighted by Gasteiger charge is 2.61. The van der Waals surface area contributed by atoms with E-state index in [1.807, 2.05) is 6.92 Å². The molecule has 2 bridgehead atoms. The van der Waals surface area contributed by atoms with E-state index in [1.54, 1.807) is 6.08 Å². The lowest BCUT2D eigenvalue weighted by molar-refractivity contribution is 0.0364. The Morgan fingerprint density at radius 2 is 2.03 bits per heavy atom. The van der Waals surface area contributed by atoms with E-state index in [0.29, 0.717) is 28.4 Å². The van der Waals surface area contributed by atoms with Crippen LogP contribution in [0, 0.1) is 18.7 Å². The van der Waals surface area contributed by atoms with E-state index in [2.05, 4.69) is 35.3 Å². The Bertz CT molecular complexity index is 1100. The Balaban J connectivity index is 1.66.